The summed E-state index contributed by atoms with van der Waals surface area (Å²) in [5, 5.41) is 6.48. The van der Waals surface area contributed by atoms with Crippen LogP contribution in [0.2, 0.25) is 0 Å². The molecule has 2 aromatic carbocycles. The summed E-state index contributed by atoms with van der Waals surface area (Å²) in [7, 11) is 0. The van der Waals surface area contributed by atoms with Crippen LogP contribution in [0, 0.1) is 0 Å². The van der Waals surface area contributed by atoms with E-state index < -0.39 is 23.2 Å². The van der Waals surface area contributed by atoms with Gasteiger partial charge in [-0.25, -0.2) is 9.67 Å². The summed E-state index contributed by atoms with van der Waals surface area (Å²) in [6.45, 7) is 0. The van der Waals surface area contributed by atoms with Crippen LogP contribution in [-0.2, 0) is 6.18 Å². The van der Waals surface area contributed by atoms with E-state index in [1.807, 2.05) is 0 Å². The van der Waals surface area contributed by atoms with Gasteiger partial charge < -0.3 is 5.32 Å². The Morgan fingerprint density at radius 3 is 2.60 bits per heavy atom. The Balaban J connectivity index is 1.99. The first-order chi connectivity index (χ1) is 11.9. The molecule has 0 unspecified atom stereocenters. The lowest BCUT2D eigenvalue weighted by Gasteiger charge is -2.14. The first kappa shape index (κ1) is 17.2. The monoisotopic (exact) mass is 410 g/mol. The van der Waals surface area contributed by atoms with Crippen LogP contribution in [0.25, 0.3) is 5.69 Å². The summed E-state index contributed by atoms with van der Waals surface area (Å²) in [6.07, 6.45) is -1.89. The second-order valence-electron chi connectivity index (χ2n) is 5.00. The Labute approximate surface area is 148 Å². The molecule has 1 amide bonds. The van der Waals surface area contributed by atoms with Crippen molar-refractivity contribution in [1.82, 2.24) is 14.8 Å². The fourth-order valence-electron chi connectivity index (χ4n) is 2.26. The highest BCUT2D eigenvalue weighted by atomic mass is 79.9. The number of alkyl halides is 3. The van der Waals surface area contributed by atoms with E-state index in [0.717, 1.165) is 12.1 Å². The van der Waals surface area contributed by atoms with Gasteiger partial charge in [0.1, 0.15) is 12.7 Å². The van der Waals surface area contributed by atoms with E-state index in [0.29, 0.717) is 15.8 Å². The highest BCUT2D eigenvalue weighted by Crippen LogP contribution is 2.32. The molecule has 0 aliphatic rings. The maximum absolute atomic E-state index is 13.1. The SMILES string of the molecule is O=C(Nc1cc(Br)ccc1-n1cncn1)c1ccccc1C(F)(F)F. The molecule has 1 N–H and O–H groups in total. The standard InChI is InChI=1S/C16H10BrF3N4O/c17-10-5-6-14(24-9-21-8-22-24)13(7-10)23-15(25)11-3-1-2-4-12(11)16(18,19)20/h1-9H,(H,23,25). The van der Waals surface area contributed by atoms with E-state index in [1.165, 1.54) is 29.5 Å². The molecule has 1 aromatic heterocycles. The Morgan fingerprint density at radius 2 is 1.92 bits per heavy atom. The van der Waals surface area contributed by atoms with Gasteiger partial charge in [-0.3, -0.25) is 4.79 Å². The van der Waals surface area contributed by atoms with E-state index >= 15 is 0 Å². The number of carbonyl (C=O) groups excluding carboxylic acids is 1. The molecular weight excluding hydrogens is 401 g/mol. The summed E-state index contributed by atoms with van der Waals surface area (Å²) < 4.78 is 41.4. The smallest absolute Gasteiger partial charge is 0.320 e. The van der Waals surface area contributed by atoms with Gasteiger partial charge in [-0.05, 0) is 30.3 Å². The number of benzene rings is 2. The Bertz CT molecular complexity index is 910. The average molecular weight is 411 g/mol. The van der Waals surface area contributed by atoms with Gasteiger partial charge >= 0.3 is 6.18 Å². The van der Waals surface area contributed by atoms with Crippen molar-refractivity contribution in [3.05, 3.63) is 70.7 Å². The third-order valence-corrected chi connectivity index (χ3v) is 3.84. The molecule has 128 valence electrons. The van der Waals surface area contributed by atoms with E-state index in [4.69, 9.17) is 0 Å². The van der Waals surface area contributed by atoms with E-state index in [1.54, 1.807) is 18.2 Å². The molecule has 0 fully saturated rings. The number of halogens is 4. The van der Waals surface area contributed by atoms with Crippen molar-refractivity contribution in [1.29, 1.82) is 0 Å². The summed E-state index contributed by atoms with van der Waals surface area (Å²) in [4.78, 5) is 16.3. The summed E-state index contributed by atoms with van der Waals surface area (Å²) in [5.41, 5.74) is -0.690. The van der Waals surface area contributed by atoms with Crippen molar-refractivity contribution in [3.63, 3.8) is 0 Å². The zero-order chi connectivity index (χ0) is 18.0. The predicted octanol–water partition coefficient (Wildman–Crippen LogP) is 4.30. The lowest BCUT2D eigenvalue weighted by molar-refractivity contribution is -0.137. The van der Waals surface area contributed by atoms with Gasteiger partial charge in [0.05, 0.1) is 22.5 Å². The molecule has 0 aliphatic carbocycles. The first-order valence-corrected chi connectivity index (χ1v) is 7.77. The van der Waals surface area contributed by atoms with Gasteiger partial charge in [-0.1, -0.05) is 28.1 Å². The van der Waals surface area contributed by atoms with Crippen molar-refractivity contribution in [2.45, 2.75) is 6.18 Å². The molecule has 0 aliphatic heterocycles. The summed E-state index contributed by atoms with van der Waals surface area (Å²) >= 11 is 3.28. The van der Waals surface area contributed by atoms with E-state index in [9.17, 15) is 18.0 Å². The third kappa shape index (κ3) is 3.71. The second kappa shape index (κ2) is 6.67. The molecule has 0 atom stereocenters. The number of hydrogen-bond donors (Lipinski definition) is 1. The maximum atomic E-state index is 13.1. The van der Waals surface area contributed by atoms with Crippen molar-refractivity contribution in [3.8, 4) is 5.69 Å². The lowest BCUT2D eigenvalue weighted by Crippen LogP contribution is -2.19. The highest BCUT2D eigenvalue weighted by Gasteiger charge is 2.34. The molecular formula is C16H10BrF3N4O. The fourth-order valence-corrected chi connectivity index (χ4v) is 2.62. The molecule has 3 aromatic rings. The van der Waals surface area contributed by atoms with Crippen LogP contribution >= 0.6 is 15.9 Å². The average Bonchev–Trinajstić information content (AvgIpc) is 3.08. The van der Waals surface area contributed by atoms with E-state index in [2.05, 4.69) is 31.3 Å². The second-order valence-corrected chi connectivity index (χ2v) is 5.91. The molecule has 0 radical (unpaired) electrons. The van der Waals surface area contributed by atoms with Gasteiger partial charge in [-0.2, -0.15) is 18.3 Å². The first-order valence-electron chi connectivity index (χ1n) is 6.98. The normalized spacial score (nSPS) is 11.4. The van der Waals surface area contributed by atoms with Gasteiger partial charge in [0.15, 0.2) is 0 Å². The minimum Gasteiger partial charge on any atom is -0.320 e. The van der Waals surface area contributed by atoms with Crippen LogP contribution in [0.4, 0.5) is 18.9 Å². The molecule has 0 saturated heterocycles. The van der Waals surface area contributed by atoms with Crippen molar-refractivity contribution >= 4 is 27.5 Å². The quantitative estimate of drug-likeness (QED) is 0.699. The Hall–Kier alpha value is -2.68. The topological polar surface area (TPSA) is 59.8 Å². The third-order valence-electron chi connectivity index (χ3n) is 3.35. The molecule has 0 bridgehead atoms. The number of nitrogens with one attached hydrogen (secondary N) is 1. The Kier molecular flexibility index (Phi) is 4.58. The van der Waals surface area contributed by atoms with Crippen molar-refractivity contribution in [2.24, 2.45) is 0 Å². The van der Waals surface area contributed by atoms with Crippen LogP contribution in [0.5, 0.6) is 0 Å². The number of rotatable bonds is 3. The maximum Gasteiger partial charge on any atom is 0.417 e. The largest absolute Gasteiger partial charge is 0.417 e. The minimum atomic E-state index is -4.63. The van der Waals surface area contributed by atoms with Crippen LogP contribution in [0.15, 0.2) is 59.6 Å². The van der Waals surface area contributed by atoms with Crippen LogP contribution in [0.3, 0.4) is 0 Å². The molecule has 3 rings (SSSR count). The molecule has 0 saturated carbocycles. The molecule has 1 heterocycles. The molecule has 9 heteroatoms. The van der Waals surface area contributed by atoms with Gasteiger partial charge in [0.2, 0.25) is 0 Å². The zero-order valence-corrected chi connectivity index (χ0v) is 14.0. The predicted molar refractivity (Wildman–Crippen MR) is 88.5 cm³/mol. The fraction of sp³-hybridized carbons (Fsp3) is 0.0625. The number of aromatic nitrogens is 3. The van der Waals surface area contributed by atoms with Crippen molar-refractivity contribution < 1.29 is 18.0 Å². The summed E-state index contributed by atoms with van der Waals surface area (Å²) in [5.74, 6) is -0.868. The molecule has 0 spiro atoms. The number of hydrogen-bond acceptors (Lipinski definition) is 3. The highest BCUT2D eigenvalue weighted by molar-refractivity contribution is 9.10. The minimum absolute atomic E-state index is 0.293. The number of carbonyl (C=O) groups is 1. The molecule has 5 nitrogen and oxygen atoms in total. The van der Waals surface area contributed by atoms with Gasteiger partial charge in [-0.15, -0.1) is 0 Å². The van der Waals surface area contributed by atoms with Gasteiger partial charge in [0, 0.05) is 4.47 Å². The molecule has 25 heavy (non-hydrogen) atoms. The summed E-state index contributed by atoms with van der Waals surface area (Å²) in [6, 6.07) is 9.56. The lowest BCUT2D eigenvalue weighted by atomic mass is 10.1. The Morgan fingerprint density at radius 1 is 1.16 bits per heavy atom. The van der Waals surface area contributed by atoms with Crippen LogP contribution in [0.1, 0.15) is 15.9 Å². The van der Waals surface area contributed by atoms with Crippen molar-refractivity contribution in [2.75, 3.05) is 5.32 Å². The zero-order valence-electron chi connectivity index (χ0n) is 12.5. The van der Waals surface area contributed by atoms with E-state index in [-0.39, 0.29) is 0 Å². The van der Waals surface area contributed by atoms with Crippen LogP contribution in [-0.4, -0.2) is 20.7 Å². The number of nitrogens with zero attached hydrogens (tertiary/aromatic N) is 3. The number of anilines is 1. The number of amides is 1. The van der Waals surface area contributed by atoms with Gasteiger partial charge in [0.25, 0.3) is 5.91 Å². The van der Waals surface area contributed by atoms with Crippen LogP contribution < -0.4 is 5.32 Å².